The van der Waals surface area contributed by atoms with Gasteiger partial charge in [0.15, 0.2) is 5.82 Å². The molecule has 21 heavy (non-hydrogen) atoms. The van der Waals surface area contributed by atoms with Gasteiger partial charge in [-0.15, -0.1) is 0 Å². The molecule has 120 valence electrons. The van der Waals surface area contributed by atoms with Gasteiger partial charge < -0.3 is 10.8 Å². The van der Waals surface area contributed by atoms with Gasteiger partial charge in [-0.3, -0.25) is 4.68 Å². The molecule has 1 aliphatic rings. The van der Waals surface area contributed by atoms with E-state index >= 15 is 0 Å². The van der Waals surface area contributed by atoms with Gasteiger partial charge in [0.25, 0.3) is 0 Å². The molecule has 2 heterocycles. The second-order valence-electron chi connectivity index (χ2n) is 5.90. The van der Waals surface area contributed by atoms with Crippen molar-refractivity contribution in [2.24, 2.45) is 0 Å². The first kappa shape index (κ1) is 16.3. The first-order valence-electron chi connectivity index (χ1n) is 7.32. The Balaban J connectivity index is 2.25. The molecule has 1 aromatic heterocycles. The van der Waals surface area contributed by atoms with Gasteiger partial charge in [0.1, 0.15) is 4.90 Å². The summed E-state index contributed by atoms with van der Waals surface area (Å²) in [7, 11) is -3.65. The van der Waals surface area contributed by atoms with Crippen LogP contribution in [-0.2, 0) is 16.6 Å². The van der Waals surface area contributed by atoms with Crippen molar-refractivity contribution in [3.8, 4) is 0 Å². The average Bonchev–Trinajstić information content (AvgIpc) is 2.64. The van der Waals surface area contributed by atoms with Crippen molar-refractivity contribution in [1.82, 2.24) is 14.1 Å². The number of nitrogens with two attached hydrogens (primary N) is 1. The van der Waals surface area contributed by atoms with E-state index in [1.54, 1.807) is 11.6 Å². The quantitative estimate of drug-likeness (QED) is 0.855. The lowest BCUT2D eigenvalue weighted by Gasteiger charge is -2.21. The maximum Gasteiger partial charge on any atom is 0.248 e. The molecule has 0 radical (unpaired) electrons. The minimum absolute atomic E-state index is 0.0412. The van der Waals surface area contributed by atoms with E-state index < -0.39 is 15.6 Å². The Morgan fingerprint density at radius 3 is 2.81 bits per heavy atom. The summed E-state index contributed by atoms with van der Waals surface area (Å²) in [6.07, 6.45) is 4.01. The van der Waals surface area contributed by atoms with Crippen LogP contribution in [0.2, 0.25) is 0 Å². The maximum atomic E-state index is 12.7. The van der Waals surface area contributed by atoms with E-state index in [1.807, 2.05) is 6.92 Å². The third-order valence-corrected chi connectivity index (χ3v) is 5.76. The van der Waals surface area contributed by atoms with Gasteiger partial charge in [0, 0.05) is 25.8 Å². The van der Waals surface area contributed by atoms with Crippen LogP contribution in [0, 0.1) is 0 Å². The Morgan fingerprint density at radius 2 is 2.14 bits per heavy atom. The van der Waals surface area contributed by atoms with Crippen LogP contribution < -0.4 is 5.73 Å². The fourth-order valence-electron chi connectivity index (χ4n) is 2.58. The summed E-state index contributed by atoms with van der Waals surface area (Å²) in [4.78, 5) is 0.0671. The second kappa shape index (κ2) is 5.94. The lowest BCUT2D eigenvalue weighted by atomic mass is 9.98. The van der Waals surface area contributed by atoms with Crippen molar-refractivity contribution in [3.63, 3.8) is 0 Å². The minimum atomic E-state index is -3.65. The molecule has 1 saturated heterocycles. The van der Waals surface area contributed by atoms with E-state index in [2.05, 4.69) is 5.10 Å². The number of aromatic nitrogens is 2. The number of nitrogen functional groups attached to an aromatic ring is 1. The summed E-state index contributed by atoms with van der Waals surface area (Å²) in [6.45, 7) is 5.07. The van der Waals surface area contributed by atoms with Crippen molar-refractivity contribution < 1.29 is 13.5 Å². The molecule has 1 atom stereocenters. The zero-order valence-electron chi connectivity index (χ0n) is 12.6. The maximum absolute atomic E-state index is 12.7. The molecule has 2 rings (SSSR count). The Hall–Kier alpha value is -1.12. The molecule has 0 saturated carbocycles. The van der Waals surface area contributed by atoms with E-state index in [0.29, 0.717) is 38.9 Å². The summed E-state index contributed by atoms with van der Waals surface area (Å²) in [5.74, 6) is 0.0412. The van der Waals surface area contributed by atoms with Crippen LogP contribution in [0.4, 0.5) is 5.82 Å². The van der Waals surface area contributed by atoms with Crippen molar-refractivity contribution in [2.75, 3.05) is 18.8 Å². The Bertz CT molecular complexity index is 595. The smallest absolute Gasteiger partial charge is 0.248 e. The molecule has 3 N–H and O–H groups in total. The van der Waals surface area contributed by atoms with Crippen LogP contribution in [-0.4, -0.2) is 46.3 Å². The van der Waals surface area contributed by atoms with Gasteiger partial charge in [0.2, 0.25) is 10.0 Å². The number of hydrogen-bond donors (Lipinski definition) is 2. The Kier molecular flexibility index (Phi) is 4.60. The van der Waals surface area contributed by atoms with Crippen molar-refractivity contribution >= 4 is 15.8 Å². The lowest BCUT2D eigenvalue weighted by molar-refractivity contribution is 0.0465. The molecular formula is C13H24N4O3S. The average molecular weight is 316 g/mol. The largest absolute Gasteiger partial charge is 0.390 e. The van der Waals surface area contributed by atoms with Gasteiger partial charge >= 0.3 is 0 Å². The van der Waals surface area contributed by atoms with E-state index in [-0.39, 0.29) is 10.7 Å². The number of sulfonamides is 1. The third kappa shape index (κ3) is 3.56. The number of nitrogens with zero attached hydrogens (tertiary/aromatic N) is 3. The number of anilines is 1. The zero-order valence-corrected chi connectivity index (χ0v) is 13.4. The number of rotatable bonds is 4. The summed E-state index contributed by atoms with van der Waals surface area (Å²) in [5.41, 5.74) is 4.97. The lowest BCUT2D eigenvalue weighted by Crippen LogP contribution is -2.33. The van der Waals surface area contributed by atoms with Crippen molar-refractivity contribution in [1.29, 1.82) is 0 Å². The van der Waals surface area contributed by atoms with Crippen LogP contribution in [0.5, 0.6) is 0 Å². The standard InChI is InChI=1S/C13H24N4O3S/c1-3-7-16-10-11(12(14)15-16)21(19,20)17-8-4-5-13(2,18)6-9-17/h10,18H,3-9H2,1-2H3,(H2,14,15). The van der Waals surface area contributed by atoms with Crippen molar-refractivity contribution in [2.45, 2.75) is 56.6 Å². The zero-order chi connectivity index (χ0) is 15.7. The summed E-state index contributed by atoms with van der Waals surface area (Å²) >= 11 is 0. The van der Waals surface area contributed by atoms with Gasteiger partial charge in [0.05, 0.1) is 5.60 Å². The van der Waals surface area contributed by atoms with Crippen LogP contribution >= 0.6 is 0 Å². The fraction of sp³-hybridized carbons (Fsp3) is 0.769. The van der Waals surface area contributed by atoms with E-state index in [4.69, 9.17) is 5.73 Å². The Morgan fingerprint density at radius 1 is 1.43 bits per heavy atom. The highest BCUT2D eigenvalue weighted by molar-refractivity contribution is 7.89. The molecule has 0 aliphatic carbocycles. The molecular weight excluding hydrogens is 292 g/mol. The molecule has 0 amide bonds. The number of hydrogen-bond acceptors (Lipinski definition) is 5. The number of aliphatic hydroxyl groups is 1. The minimum Gasteiger partial charge on any atom is -0.390 e. The first-order valence-corrected chi connectivity index (χ1v) is 8.76. The molecule has 0 spiro atoms. The van der Waals surface area contributed by atoms with Crippen LogP contribution in [0.1, 0.15) is 39.5 Å². The molecule has 1 aliphatic heterocycles. The van der Waals surface area contributed by atoms with E-state index in [0.717, 1.165) is 6.42 Å². The highest BCUT2D eigenvalue weighted by atomic mass is 32.2. The van der Waals surface area contributed by atoms with Gasteiger partial charge in [-0.05, 0) is 32.6 Å². The highest BCUT2D eigenvalue weighted by Gasteiger charge is 2.33. The van der Waals surface area contributed by atoms with Gasteiger partial charge in [-0.1, -0.05) is 6.92 Å². The molecule has 1 unspecified atom stereocenters. The van der Waals surface area contributed by atoms with Crippen LogP contribution in [0.15, 0.2) is 11.1 Å². The fourth-order valence-corrected chi connectivity index (χ4v) is 4.12. The molecule has 1 fully saturated rings. The predicted octanol–water partition coefficient (Wildman–Crippen LogP) is 0.801. The Labute approximate surface area is 125 Å². The van der Waals surface area contributed by atoms with Gasteiger partial charge in [-0.25, -0.2) is 8.42 Å². The SMILES string of the molecule is CCCn1cc(S(=O)(=O)N2CCCC(C)(O)CC2)c(N)n1. The predicted molar refractivity (Wildman–Crippen MR) is 80.2 cm³/mol. The third-order valence-electron chi connectivity index (χ3n) is 3.85. The monoisotopic (exact) mass is 316 g/mol. The normalized spacial score (nSPS) is 24.9. The molecule has 1 aromatic rings. The van der Waals surface area contributed by atoms with Crippen molar-refractivity contribution in [3.05, 3.63) is 6.20 Å². The van der Waals surface area contributed by atoms with Gasteiger partial charge in [-0.2, -0.15) is 9.40 Å². The molecule has 8 heteroatoms. The van der Waals surface area contributed by atoms with E-state index in [9.17, 15) is 13.5 Å². The molecule has 0 bridgehead atoms. The molecule has 7 nitrogen and oxygen atoms in total. The second-order valence-corrected chi connectivity index (χ2v) is 7.80. The van der Waals surface area contributed by atoms with E-state index in [1.165, 1.54) is 10.5 Å². The number of aryl methyl sites for hydroxylation is 1. The highest BCUT2D eigenvalue weighted by Crippen LogP contribution is 2.27. The summed E-state index contributed by atoms with van der Waals surface area (Å²) in [6, 6.07) is 0. The summed E-state index contributed by atoms with van der Waals surface area (Å²) in [5, 5.41) is 14.1. The topological polar surface area (TPSA) is 101 Å². The van der Waals surface area contributed by atoms with Crippen LogP contribution in [0.25, 0.3) is 0 Å². The first-order chi connectivity index (χ1) is 9.76. The van der Waals surface area contributed by atoms with Crippen LogP contribution in [0.3, 0.4) is 0 Å². The molecule has 0 aromatic carbocycles. The summed E-state index contributed by atoms with van der Waals surface area (Å²) < 4.78 is 28.4.